The van der Waals surface area contributed by atoms with E-state index in [0.717, 1.165) is 17.3 Å². The molecule has 4 nitrogen and oxygen atoms in total. The Kier molecular flexibility index (Phi) is 3.68. The lowest BCUT2D eigenvalue weighted by molar-refractivity contribution is 0.589. The largest absolute Gasteiger partial charge is 0.397 e. The van der Waals surface area contributed by atoms with Crippen LogP contribution in [0.2, 0.25) is 0 Å². The Morgan fingerprint density at radius 1 is 1.39 bits per heavy atom. The first-order chi connectivity index (χ1) is 8.41. The van der Waals surface area contributed by atoms with E-state index in [0.29, 0.717) is 11.4 Å². The zero-order valence-corrected chi connectivity index (χ0v) is 12.4. The second-order valence-corrected chi connectivity index (χ2v) is 7.07. The van der Waals surface area contributed by atoms with Crippen LogP contribution in [0.4, 0.5) is 11.4 Å². The van der Waals surface area contributed by atoms with E-state index < -0.39 is 10.0 Å². The second-order valence-electron chi connectivity index (χ2n) is 4.30. The molecule has 2 rings (SSSR count). The molecule has 98 valence electrons. The summed E-state index contributed by atoms with van der Waals surface area (Å²) in [5, 5.41) is 0. The minimum Gasteiger partial charge on any atom is -0.397 e. The maximum atomic E-state index is 12.0. The molecular weight excluding hydrogens is 316 g/mol. The number of allylic oxidation sites excluding steroid dienone is 1. The molecule has 1 aromatic carbocycles. The molecule has 1 aliphatic rings. The van der Waals surface area contributed by atoms with E-state index in [1.807, 2.05) is 6.08 Å². The Morgan fingerprint density at radius 2 is 2.06 bits per heavy atom. The number of benzene rings is 1. The number of hydrogen-bond acceptors (Lipinski definition) is 3. The van der Waals surface area contributed by atoms with E-state index in [4.69, 9.17) is 5.73 Å². The molecule has 1 aliphatic carbocycles. The van der Waals surface area contributed by atoms with Crippen LogP contribution in [-0.2, 0) is 10.0 Å². The van der Waals surface area contributed by atoms with Gasteiger partial charge in [-0.3, -0.25) is 4.31 Å². The van der Waals surface area contributed by atoms with E-state index in [2.05, 4.69) is 15.9 Å². The minimum atomic E-state index is -3.37. The maximum absolute atomic E-state index is 12.0. The summed E-state index contributed by atoms with van der Waals surface area (Å²) in [5.41, 5.74) is 6.90. The fourth-order valence-electron chi connectivity index (χ4n) is 2.15. The average Bonchev–Trinajstić information content (AvgIpc) is 2.66. The number of para-hydroxylation sites is 2. The lowest BCUT2D eigenvalue weighted by Gasteiger charge is -2.30. The van der Waals surface area contributed by atoms with Crippen molar-refractivity contribution in [2.75, 3.05) is 16.3 Å². The molecule has 0 aromatic heterocycles. The zero-order valence-electron chi connectivity index (χ0n) is 10.0. The van der Waals surface area contributed by atoms with E-state index in [1.165, 1.54) is 10.6 Å². The van der Waals surface area contributed by atoms with Gasteiger partial charge >= 0.3 is 0 Å². The third kappa shape index (κ3) is 2.54. The summed E-state index contributed by atoms with van der Waals surface area (Å²) < 4.78 is 26.4. The Balaban J connectivity index is 2.52. The van der Waals surface area contributed by atoms with Gasteiger partial charge in [0.2, 0.25) is 10.0 Å². The first kappa shape index (κ1) is 13.4. The topological polar surface area (TPSA) is 63.4 Å². The summed E-state index contributed by atoms with van der Waals surface area (Å²) in [7, 11) is -3.37. The number of hydrogen-bond donors (Lipinski definition) is 1. The van der Waals surface area contributed by atoms with E-state index >= 15 is 0 Å². The summed E-state index contributed by atoms with van der Waals surface area (Å²) in [6, 6.07) is 6.83. The van der Waals surface area contributed by atoms with Gasteiger partial charge in [0.25, 0.3) is 0 Å². The quantitative estimate of drug-likeness (QED) is 0.866. The molecule has 0 aliphatic heterocycles. The normalized spacial score (nSPS) is 19.7. The van der Waals surface area contributed by atoms with Gasteiger partial charge in [0.1, 0.15) is 0 Å². The Labute approximate surface area is 116 Å². The fourth-order valence-corrected chi connectivity index (χ4v) is 4.15. The van der Waals surface area contributed by atoms with Gasteiger partial charge in [0, 0.05) is 4.48 Å². The highest BCUT2D eigenvalue weighted by molar-refractivity contribution is 9.11. The van der Waals surface area contributed by atoms with Crippen molar-refractivity contribution in [2.24, 2.45) is 0 Å². The predicted octanol–water partition coefficient (Wildman–Crippen LogP) is 2.48. The summed E-state index contributed by atoms with van der Waals surface area (Å²) in [4.78, 5) is 0. The van der Waals surface area contributed by atoms with Crippen LogP contribution < -0.4 is 10.0 Å². The molecule has 0 saturated carbocycles. The molecule has 1 unspecified atom stereocenters. The van der Waals surface area contributed by atoms with Crippen LogP contribution in [0.15, 0.2) is 34.8 Å². The van der Waals surface area contributed by atoms with Crippen LogP contribution in [0.5, 0.6) is 0 Å². The number of halogens is 1. The average molecular weight is 331 g/mol. The number of nitrogens with zero attached hydrogens (tertiary/aromatic N) is 1. The first-order valence-electron chi connectivity index (χ1n) is 5.60. The highest BCUT2D eigenvalue weighted by atomic mass is 79.9. The van der Waals surface area contributed by atoms with Crippen LogP contribution in [0.3, 0.4) is 0 Å². The Bertz CT molecular complexity index is 583. The molecule has 6 heteroatoms. The van der Waals surface area contributed by atoms with Gasteiger partial charge in [-0.25, -0.2) is 8.42 Å². The molecule has 0 spiro atoms. The molecule has 0 radical (unpaired) electrons. The molecule has 0 amide bonds. The first-order valence-corrected chi connectivity index (χ1v) is 8.25. The van der Waals surface area contributed by atoms with Crippen molar-refractivity contribution in [1.82, 2.24) is 0 Å². The monoisotopic (exact) mass is 330 g/mol. The number of anilines is 2. The van der Waals surface area contributed by atoms with Gasteiger partial charge < -0.3 is 5.73 Å². The Morgan fingerprint density at radius 3 is 2.56 bits per heavy atom. The second kappa shape index (κ2) is 4.93. The summed E-state index contributed by atoms with van der Waals surface area (Å²) in [5.74, 6) is 0. The van der Waals surface area contributed by atoms with Gasteiger partial charge in [0.15, 0.2) is 0 Å². The molecular formula is C12H15BrN2O2S. The highest BCUT2D eigenvalue weighted by Gasteiger charge is 2.32. The molecule has 1 atom stereocenters. The van der Waals surface area contributed by atoms with E-state index in [9.17, 15) is 8.42 Å². The third-order valence-electron chi connectivity index (χ3n) is 2.91. The lowest BCUT2D eigenvalue weighted by atomic mass is 10.2. The summed E-state index contributed by atoms with van der Waals surface area (Å²) >= 11 is 3.43. The number of sulfonamides is 1. The molecule has 0 heterocycles. The molecule has 0 saturated heterocycles. The van der Waals surface area contributed by atoms with Gasteiger partial charge in [-0.05, 0) is 25.0 Å². The van der Waals surface area contributed by atoms with Crippen molar-refractivity contribution in [1.29, 1.82) is 0 Å². The molecule has 2 N–H and O–H groups in total. The molecule has 0 fully saturated rings. The standard InChI is InChI=1S/C12H15BrN2O2S/c1-18(16,17)15(11-8-4-5-9(11)13)12-7-3-2-6-10(12)14/h2-3,5-7,11H,4,8,14H2,1H3. The molecule has 1 aromatic rings. The van der Waals surface area contributed by atoms with Gasteiger partial charge in [-0.1, -0.05) is 34.1 Å². The minimum absolute atomic E-state index is 0.190. The van der Waals surface area contributed by atoms with Crippen LogP contribution in [0.25, 0.3) is 0 Å². The van der Waals surface area contributed by atoms with Gasteiger partial charge in [0.05, 0.1) is 23.7 Å². The van der Waals surface area contributed by atoms with E-state index in [1.54, 1.807) is 24.3 Å². The third-order valence-corrected chi connectivity index (χ3v) is 4.93. The summed E-state index contributed by atoms with van der Waals surface area (Å²) in [6.07, 6.45) is 4.84. The lowest BCUT2D eigenvalue weighted by Crippen LogP contribution is -2.39. The SMILES string of the molecule is CS(=O)(=O)N(c1ccccc1N)C1CCC=C1Br. The smallest absolute Gasteiger partial charge is 0.232 e. The van der Waals surface area contributed by atoms with Crippen LogP contribution >= 0.6 is 15.9 Å². The predicted molar refractivity (Wildman–Crippen MR) is 78.2 cm³/mol. The van der Waals surface area contributed by atoms with Crippen molar-refractivity contribution in [3.63, 3.8) is 0 Å². The van der Waals surface area contributed by atoms with Crippen LogP contribution in [0.1, 0.15) is 12.8 Å². The molecule has 18 heavy (non-hydrogen) atoms. The molecule has 0 bridgehead atoms. The summed E-state index contributed by atoms with van der Waals surface area (Å²) in [6.45, 7) is 0. The number of nitrogen functional groups attached to an aromatic ring is 1. The van der Waals surface area contributed by atoms with Crippen LogP contribution in [0, 0.1) is 0 Å². The van der Waals surface area contributed by atoms with Crippen molar-refractivity contribution in [2.45, 2.75) is 18.9 Å². The van der Waals surface area contributed by atoms with Crippen molar-refractivity contribution >= 4 is 37.3 Å². The van der Waals surface area contributed by atoms with Gasteiger partial charge in [-0.2, -0.15) is 0 Å². The highest BCUT2D eigenvalue weighted by Crippen LogP contribution is 2.36. The Hall–Kier alpha value is -1.01. The van der Waals surface area contributed by atoms with Crippen LogP contribution in [-0.4, -0.2) is 20.7 Å². The maximum Gasteiger partial charge on any atom is 0.232 e. The van der Waals surface area contributed by atoms with Crippen molar-refractivity contribution in [3.05, 3.63) is 34.8 Å². The number of nitrogens with two attached hydrogens (primary N) is 1. The van der Waals surface area contributed by atoms with Gasteiger partial charge in [-0.15, -0.1) is 0 Å². The zero-order chi connectivity index (χ0) is 13.3. The van der Waals surface area contributed by atoms with E-state index in [-0.39, 0.29) is 6.04 Å². The fraction of sp³-hybridized carbons (Fsp3) is 0.333. The van der Waals surface area contributed by atoms with Crippen molar-refractivity contribution in [3.8, 4) is 0 Å². The van der Waals surface area contributed by atoms with Crippen molar-refractivity contribution < 1.29 is 8.42 Å². The number of rotatable bonds is 3.